The maximum Gasteiger partial charge on any atom is 0.238 e. The molecule has 0 saturated heterocycles. The molecule has 0 aromatic heterocycles. The minimum Gasteiger partial charge on any atom is -0.324 e. The second-order valence-electron chi connectivity index (χ2n) is 4.44. The van der Waals surface area contributed by atoms with Crippen molar-refractivity contribution in [1.29, 1.82) is 0 Å². The van der Waals surface area contributed by atoms with E-state index in [-0.39, 0.29) is 11.4 Å². The van der Waals surface area contributed by atoms with Gasteiger partial charge in [-0.25, -0.2) is 0 Å². The van der Waals surface area contributed by atoms with Crippen LogP contribution in [0, 0.1) is 0 Å². The maximum atomic E-state index is 11.6. The number of carbonyl (C=O) groups excluding carboxylic acids is 1. The maximum absolute atomic E-state index is 11.6. The Hall–Kier alpha value is -0.870. The number of halogens is 1. The largest absolute Gasteiger partial charge is 0.324 e. The summed E-state index contributed by atoms with van der Waals surface area (Å²) in [6, 6.07) is 7.60. The molecule has 2 N–H and O–H groups in total. The Kier molecular flexibility index (Phi) is 3.30. The van der Waals surface area contributed by atoms with Gasteiger partial charge in [0, 0.05) is 10.0 Å². The number of anilines is 1. The molecule has 3 nitrogen and oxygen atoms in total. The van der Waals surface area contributed by atoms with Crippen LogP contribution in [0.3, 0.4) is 0 Å². The fourth-order valence-electron chi connectivity index (χ4n) is 1.41. The molecule has 16 heavy (non-hydrogen) atoms. The van der Waals surface area contributed by atoms with Crippen molar-refractivity contribution in [2.45, 2.75) is 25.3 Å². The van der Waals surface area contributed by atoms with Gasteiger partial charge in [-0.05, 0) is 47.8 Å². The van der Waals surface area contributed by atoms with E-state index in [9.17, 15) is 4.79 Å². The summed E-state index contributed by atoms with van der Waals surface area (Å²) in [5.74, 6) is 0.0000231. The van der Waals surface area contributed by atoms with Crippen molar-refractivity contribution >= 4 is 27.5 Å². The van der Waals surface area contributed by atoms with Crippen molar-refractivity contribution in [3.63, 3.8) is 0 Å². The lowest BCUT2D eigenvalue weighted by Crippen LogP contribution is -2.35. The molecule has 86 valence electrons. The van der Waals surface area contributed by atoms with Crippen LogP contribution in [-0.4, -0.2) is 18.0 Å². The Morgan fingerprint density at radius 3 is 2.75 bits per heavy atom. The Balaban J connectivity index is 1.85. The average molecular weight is 283 g/mol. The van der Waals surface area contributed by atoms with E-state index < -0.39 is 0 Å². The monoisotopic (exact) mass is 282 g/mol. The van der Waals surface area contributed by atoms with Crippen LogP contribution in [0.25, 0.3) is 0 Å². The van der Waals surface area contributed by atoms with Gasteiger partial charge >= 0.3 is 0 Å². The number of nitrogens with one attached hydrogen (secondary N) is 2. The standard InChI is InChI=1S/C12H15BrN2O/c1-12(6-7-12)14-8-11(16)15-10-5-3-2-4-9(10)13/h2-5,14H,6-8H2,1H3,(H,15,16). The first kappa shape index (κ1) is 11.6. The van der Waals surface area contributed by atoms with Gasteiger partial charge in [0.05, 0.1) is 12.2 Å². The van der Waals surface area contributed by atoms with Gasteiger partial charge in [-0.2, -0.15) is 0 Å². The number of carbonyl (C=O) groups is 1. The first-order valence-corrected chi connectivity index (χ1v) is 6.18. The molecule has 0 atom stereocenters. The minimum absolute atomic E-state index is 0.0000231. The van der Waals surface area contributed by atoms with E-state index in [1.54, 1.807) is 0 Å². The highest BCUT2D eigenvalue weighted by molar-refractivity contribution is 9.10. The highest BCUT2D eigenvalue weighted by Gasteiger charge is 2.36. The van der Waals surface area contributed by atoms with Gasteiger partial charge in [0.25, 0.3) is 0 Å². The second-order valence-corrected chi connectivity index (χ2v) is 5.30. The molecule has 1 aromatic carbocycles. The Morgan fingerprint density at radius 2 is 2.12 bits per heavy atom. The molecule has 1 aromatic rings. The SMILES string of the molecule is CC1(NCC(=O)Nc2ccccc2Br)CC1. The zero-order valence-electron chi connectivity index (χ0n) is 9.22. The number of rotatable bonds is 4. The molecular formula is C12H15BrN2O. The first-order chi connectivity index (χ1) is 7.59. The average Bonchev–Trinajstić information content (AvgIpc) is 2.98. The van der Waals surface area contributed by atoms with E-state index in [1.807, 2.05) is 24.3 Å². The van der Waals surface area contributed by atoms with Gasteiger partial charge in [0.1, 0.15) is 0 Å². The van der Waals surface area contributed by atoms with Crippen molar-refractivity contribution in [1.82, 2.24) is 5.32 Å². The number of para-hydroxylation sites is 1. The highest BCUT2D eigenvalue weighted by atomic mass is 79.9. The van der Waals surface area contributed by atoms with Crippen LogP contribution >= 0.6 is 15.9 Å². The summed E-state index contributed by atoms with van der Waals surface area (Å²) in [5.41, 5.74) is 1.01. The van der Waals surface area contributed by atoms with Gasteiger partial charge in [0.2, 0.25) is 5.91 Å². The molecular weight excluding hydrogens is 268 g/mol. The van der Waals surface area contributed by atoms with Crippen molar-refractivity contribution in [3.05, 3.63) is 28.7 Å². The summed E-state index contributed by atoms with van der Waals surface area (Å²) >= 11 is 3.39. The van der Waals surface area contributed by atoms with Crippen molar-refractivity contribution in [3.8, 4) is 0 Å². The van der Waals surface area contributed by atoms with Crippen LogP contribution in [0.1, 0.15) is 19.8 Å². The molecule has 0 bridgehead atoms. The fourth-order valence-corrected chi connectivity index (χ4v) is 1.80. The van der Waals surface area contributed by atoms with Crippen LogP contribution in [0.4, 0.5) is 5.69 Å². The minimum atomic E-state index is 0.0000231. The van der Waals surface area contributed by atoms with Gasteiger partial charge in [-0.3, -0.25) is 4.79 Å². The molecule has 1 aliphatic rings. The van der Waals surface area contributed by atoms with Gasteiger partial charge in [-0.15, -0.1) is 0 Å². The summed E-state index contributed by atoms with van der Waals surface area (Å²) in [5, 5.41) is 6.11. The molecule has 0 aliphatic heterocycles. The molecule has 0 unspecified atom stereocenters. The fraction of sp³-hybridized carbons (Fsp3) is 0.417. The molecule has 1 saturated carbocycles. The zero-order valence-corrected chi connectivity index (χ0v) is 10.8. The molecule has 1 fully saturated rings. The molecule has 1 aliphatic carbocycles. The van der Waals surface area contributed by atoms with Crippen molar-refractivity contribution in [2.24, 2.45) is 0 Å². The molecule has 0 heterocycles. The predicted octanol–water partition coefficient (Wildman–Crippen LogP) is 2.53. The third-order valence-corrected chi connectivity index (χ3v) is 3.52. The molecule has 0 spiro atoms. The Bertz CT molecular complexity index is 402. The topological polar surface area (TPSA) is 41.1 Å². The van der Waals surface area contributed by atoms with E-state index in [0.29, 0.717) is 6.54 Å². The number of amides is 1. The second kappa shape index (κ2) is 4.55. The molecule has 2 rings (SSSR count). The summed E-state index contributed by atoms with van der Waals surface area (Å²) in [6.45, 7) is 2.51. The Morgan fingerprint density at radius 1 is 1.44 bits per heavy atom. The van der Waals surface area contributed by atoms with E-state index in [0.717, 1.165) is 23.0 Å². The van der Waals surface area contributed by atoms with Gasteiger partial charge in [-0.1, -0.05) is 12.1 Å². The number of benzene rings is 1. The van der Waals surface area contributed by atoms with Crippen LogP contribution in [0.15, 0.2) is 28.7 Å². The smallest absolute Gasteiger partial charge is 0.238 e. The van der Waals surface area contributed by atoms with E-state index in [4.69, 9.17) is 0 Å². The Labute approximate surface area is 104 Å². The molecule has 1 amide bonds. The van der Waals surface area contributed by atoms with E-state index in [2.05, 4.69) is 33.5 Å². The third-order valence-electron chi connectivity index (χ3n) is 2.82. The van der Waals surface area contributed by atoms with Crippen LogP contribution in [-0.2, 0) is 4.79 Å². The lowest BCUT2D eigenvalue weighted by molar-refractivity contribution is -0.115. The van der Waals surface area contributed by atoms with Crippen LogP contribution < -0.4 is 10.6 Å². The zero-order chi connectivity index (χ0) is 11.6. The van der Waals surface area contributed by atoms with Gasteiger partial charge < -0.3 is 10.6 Å². The van der Waals surface area contributed by atoms with E-state index in [1.165, 1.54) is 0 Å². The first-order valence-electron chi connectivity index (χ1n) is 5.38. The van der Waals surface area contributed by atoms with E-state index >= 15 is 0 Å². The summed E-state index contributed by atoms with van der Waals surface area (Å²) < 4.78 is 0.904. The number of hydrogen-bond acceptors (Lipinski definition) is 2. The summed E-state index contributed by atoms with van der Waals surface area (Å²) in [7, 11) is 0. The van der Waals surface area contributed by atoms with Crippen LogP contribution in [0.5, 0.6) is 0 Å². The van der Waals surface area contributed by atoms with Gasteiger partial charge in [0.15, 0.2) is 0 Å². The van der Waals surface area contributed by atoms with Crippen molar-refractivity contribution in [2.75, 3.05) is 11.9 Å². The van der Waals surface area contributed by atoms with Crippen LogP contribution in [0.2, 0.25) is 0 Å². The predicted molar refractivity (Wildman–Crippen MR) is 68.4 cm³/mol. The summed E-state index contributed by atoms with van der Waals surface area (Å²) in [4.78, 5) is 11.6. The lowest BCUT2D eigenvalue weighted by atomic mass is 10.3. The lowest BCUT2D eigenvalue weighted by Gasteiger charge is -2.11. The molecule has 4 heteroatoms. The normalized spacial score (nSPS) is 16.9. The third kappa shape index (κ3) is 3.06. The highest BCUT2D eigenvalue weighted by Crippen LogP contribution is 2.33. The summed E-state index contributed by atoms with van der Waals surface area (Å²) in [6.07, 6.45) is 2.32. The van der Waals surface area contributed by atoms with Crippen molar-refractivity contribution < 1.29 is 4.79 Å². The quantitative estimate of drug-likeness (QED) is 0.891. The number of hydrogen-bond donors (Lipinski definition) is 2. The molecule has 0 radical (unpaired) electrons.